The Morgan fingerprint density at radius 2 is 1.83 bits per heavy atom. The van der Waals surface area contributed by atoms with Gasteiger partial charge in [0.05, 0.1) is 12.2 Å². The highest BCUT2D eigenvalue weighted by molar-refractivity contribution is 4.77. The Kier molecular flexibility index (Phi) is 4.02. The molecule has 0 spiro atoms. The molecule has 2 nitrogen and oxygen atoms in total. The first-order valence-electron chi connectivity index (χ1n) is 4.90. The second-order valence-electron chi connectivity index (χ2n) is 3.75. The van der Waals surface area contributed by atoms with E-state index in [1.165, 1.54) is 12.8 Å². The van der Waals surface area contributed by atoms with Crippen molar-refractivity contribution in [2.75, 3.05) is 13.7 Å². The smallest absolute Gasteiger partial charge is 0.0602 e. The fourth-order valence-electron chi connectivity index (χ4n) is 2.04. The Bertz CT molecular complexity index is 125. The summed E-state index contributed by atoms with van der Waals surface area (Å²) in [6, 6.07) is 0. The van der Waals surface area contributed by atoms with Gasteiger partial charge in [-0.3, -0.25) is 0 Å². The Morgan fingerprint density at radius 3 is 2.42 bits per heavy atom. The van der Waals surface area contributed by atoms with Gasteiger partial charge in [-0.1, -0.05) is 6.92 Å². The molecule has 0 aromatic carbocycles. The lowest BCUT2D eigenvalue weighted by molar-refractivity contribution is -0.0408. The van der Waals surface area contributed by atoms with Gasteiger partial charge in [0.1, 0.15) is 0 Å². The van der Waals surface area contributed by atoms with Crippen LogP contribution in [0.5, 0.6) is 0 Å². The van der Waals surface area contributed by atoms with E-state index in [2.05, 4.69) is 13.8 Å². The van der Waals surface area contributed by atoms with Gasteiger partial charge >= 0.3 is 0 Å². The summed E-state index contributed by atoms with van der Waals surface area (Å²) in [7, 11) is 1.80. The monoisotopic (exact) mass is 172 g/mol. The lowest BCUT2D eigenvalue weighted by Gasteiger charge is -2.32. The van der Waals surface area contributed by atoms with Crippen LogP contribution in [0.25, 0.3) is 0 Å². The van der Waals surface area contributed by atoms with Gasteiger partial charge < -0.3 is 9.47 Å². The minimum Gasteiger partial charge on any atom is -0.381 e. The lowest BCUT2D eigenvalue weighted by Crippen LogP contribution is -2.31. The van der Waals surface area contributed by atoms with Crippen molar-refractivity contribution in [2.45, 2.75) is 45.3 Å². The third kappa shape index (κ3) is 2.76. The van der Waals surface area contributed by atoms with E-state index in [-0.39, 0.29) is 0 Å². The van der Waals surface area contributed by atoms with E-state index >= 15 is 0 Å². The van der Waals surface area contributed by atoms with E-state index in [9.17, 15) is 0 Å². The predicted molar refractivity (Wildman–Crippen MR) is 49.2 cm³/mol. The quantitative estimate of drug-likeness (QED) is 0.650. The first kappa shape index (κ1) is 10.0. The van der Waals surface area contributed by atoms with Crippen molar-refractivity contribution in [3.63, 3.8) is 0 Å². The molecule has 0 saturated heterocycles. The minimum atomic E-state index is 0.422. The zero-order valence-electron chi connectivity index (χ0n) is 8.38. The maximum atomic E-state index is 5.61. The SMILES string of the molecule is CCO[C@@H]1C[C@H](C)C[C@@H](OC)C1. The molecular weight excluding hydrogens is 152 g/mol. The van der Waals surface area contributed by atoms with Crippen molar-refractivity contribution in [1.82, 2.24) is 0 Å². The Balaban J connectivity index is 2.34. The molecule has 72 valence electrons. The predicted octanol–water partition coefficient (Wildman–Crippen LogP) is 2.23. The Morgan fingerprint density at radius 1 is 1.17 bits per heavy atom. The molecule has 0 bridgehead atoms. The summed E-state index contributed by atoms with van der Waals surface area (Å²) in [5.74, 6) is 0.750. The number of methoxy groups -OCH3 is 1. The zero-order chi connectivity index (χ0) is 8.97. The highest BCUT2D eigenvalue weighted by atomic mass is 16.5. The molecular formula is C10H20O2. The van der Waals surface area contributed by atoms with Crippen molar-refractivity contribution < 1.29 is 9.47 Å². The van der Waals surface area contributed by atoms with Gasteiger partial charge in [0.2, 0.25) is 0 Å². The third-order valence-electron chi connectivity index (χ3n) is 2.59. The third-order valence-corrected chi connectivity index (χ3v) is 2.59. The standard InChI is InChI=1S/C10H20O2/c1-4-12-10-6-8(2)5-9(7-10)11-3/h8-10H,4-7H2,1-3H3/t8-,9-,10-/m1/s1. The van der Waals surface area contributed by atoms with Gasteiger partial charge in [0, 0.05) is 13.7 Å². The van der Waals surface area contributed by atoms with E-state index in [0.717, 1.165) is 18.9 Å². The Hall–Kier alpha value is -0.0800. The highest BCUT2D eigenvalue weighted by Gasteiger charge is 2.26. The first-order chi connectivity index (χ1) is 5.76. The molecule has 0 radical (unpaired) electrons. The molecule has 1 aliphatic rings. The fraction of sp³-hybridized carbons (Fsp3) is 1.00. The number of hydrogen-bond acceptors (Lipinski definition) is 2. The summed E-state index contributed by atoms with van der Waals surface area (Å²) in [6.45, 7) is 5.16. The molecule has 0 aromatic heterocycles. The van der Waals surface area contributed by atoms with Crippen LogP contribution < -0.4 is 0 Å². The molecule has 1 fully saturated rings. The molecule has 3 atom stereocenters. The second-order valence-corrected chi connectivity index (χ2v) is 3.75. The van der Waals surface area contributed by atoms with Crippen molar-refractivity contribution in [3.05, 3.63) is 0 Å². The largest absolute Gasteiger partial charge is 0.381 e. The number of ether oxygens (including phenoxy) is 2. The summed E-state index contributed by atoms with van der Waals surface area (Å²) in [5, 5.41) is 0. The Labute approximate surface area is 75.2 Å². The van der Waals surface area contributed by atoms with Crippen LogP contribution in [0, 0.1) is 5.92 Å². The summed E-state index contributed by atoms with van der Waals surface area (Å²) >= 11 is 0. The number of rotatable bonds is 3. The van der Waals surface area contributed by atoms with Gasteiger partial charge in [-0.05, 0) is 32.1 Å². The van der Waals surface area contributed by atoms with Crippen LogP contribution in [0.15, 0.2) is 0 Å². The fourth-order valence-corrected chi connectivity index (χ4v) is 2.04. The topological polar surface area (TPSA) is 18.5 Å². The van der Waals surface area contributed by atoms with Crippen LogP contribution in [0.3, 0.4) is 0 Å². The van der Waals surface area contributed by atoms with Gasteiger partial charge in [-0.15, -0.1) is 0 Å². The molecule has 1 saturated carbocycles. The summed E-state index contributed by atoms with van der Waals surface area (Å²) in [5.41, 5.74) is 0. The van der Waals surface area contributed by atoms with Gasteiger partial charge in [-0.2, -0.15) is 0 Å². The van der Waals surface area contributed by atoms with E-state index in [0.29, 0.717) is 12.2 Å². The van der Waals surface area contributed by atoms with E-state index in [1.807, 2.05) is 0 Å². The first-order valence-corrected chi connectivity index (χ1v) is 4.90. The van der Waals surface area contributed by atoms with Crippen LogP contribution in [0.4, 0.5) is 0 Å². The zero-order valence-corrected chi connectivity index (χ0v) is 8.38. The number of hydrogen-bond donors (Lipinski definition) is 0. The normalized spacial score (nSPS) is 36.8. The lowest BCUT2D eigenvalue weighted by atomic mass is 9.86. The molecule has 1 aliphatic carbocycles. The summed E-state index contributed by atoms with van der Waals surface area (Å²) in [6.07, 6.45) is 4.33. The second kappa shape index (κ2) is 4.83. The van der Waals surface area contributed by atoms with Crippen LogP contribution in [0.1, 0.15) is 33.1 Å². The minimum absolute atomic E-state index is 0.422. The highest BCUT2D eigenvalue weighted by Crippen LogP contribution is 2.27. The molecule has 0 heterocycles. The molecule has 0 amide bonds. The molecule has 2 heteroatoms. The maximum Gasteiger partial charge on any atom is 0.0602 e. The van der Waals surface area contributed by atoms with Crippen LogP contribution >= 0.6 is 0 Å². The van der Waals surface area contributed by atoms with Crippen molar-refractivity contribution in [1.29, 1.82) is 0 Å². The molecule has 0 N–H and O–H groups in total. The van der Waals surface area contributed by atoms with Gasteiger partial charge in [-0.25, -0.2) is 0 Å². The molecule has 0 aromatic rings. The van der Waals surface area contributed by atoms with Gasteiger partial charge in [0.25, 0.3) is 0 Å². The van der Waals surface area contributed by atoms with Crippen molar-refractivity contribution in [2.24, 2.45) is 5.92 Å². The van der Waals surface area contributed by atoms with Crippen LogP contribution in [-0.4, -0.2) is 25.9 Å². The average molecular weight is 172 g/mol. The van der Waals surface area contributed by atoms with Gasteiger partial charge in [0.15, 0.2) is 0 Å². The van der Waals surface area contributed by atoms with Crippen LogP contribution in [-0.2, 0) is 9.47 Å². The maximum absolute atomic E-state index is 5.61. The van der Waals surface area contributed by atoms with Crippen LogP contribution in [0.2, 0.25) is 0 Å². The van der Waals surface area contributed by atoms with E-state index < -0.39 is 0 Å². The van der Waals surface area contributed by atoms with Crippen molar-refractivity contribution >= 4 is 0 Å². The summed E-state index contributed by atoms with van der Waals surface area (Å²) in [4.78, 5) is 0. The molecule has 0 unspecified atom stereocenters. The van der Waals surface area contributed by atoms with Crippen molar-refractivity contribution in [3.8, 4) is 0 Å². The molecule has 0 aliphatic heterocycles. The van der Waals surface area contributed by atoms with E-state index in [1.54, 1.807) is 7.11 Å². The molecule has 1 rings (SSSR count). The van der Waals surface area contributed by atoms with E-state index in [4.69, 9.17) is 9.47 Å². The molecule has 12 heavy (non-hydrogen) atoms. The average Bonchev–Trinajstić information content (AvgIpc) is 2.04. The summed E-state index contributed by atoms with van der Waals surface area (Å²) < 4.78 is 11.0.